The van der Waals surface area contributed by atoms with Crippen LogP contribution in [0.2, 0.25) is 0 Å². The Bertz CT molecular complexity index is 854. The second kappa shape index (κ2) is 6.57. The number of aromatic hydroxyl groups is 1. The molecule has 0 aliphatic carbocycles. The van der Waals surface area contributed by atoms with E-state index in [2.05, 4.69) is 10.5 Å². The van der Waals surface area contributed by atoms with E-state index < -0.39 is 23.4 Å². The van der Waals surface area contributed by atoms with Crippen molar-refractivity contribution in [2.45, 2.75) is 0 Å². The maximum atomic E-state index is 13.9. The number of benzene rings is 1. The van der Waals surface area contributed by atoms with Crippen molar-refractivity contribution >= 4 is 45.8 Å². The van der Waals surface area contributed by atoms with Crippen molar-refractivity contribution in [2.75, 3.05) is 10.7 Å². The minimum absolute atomic E-state index is 0.0192. The Hall–Kier alpha value is -2.46. The summed E-state index contributed by atoms with van der Waals surface area (Å²) in [5, 5.41) is 13.1. The summed E-state index contributed by atoms with van der Waals surface area (Å²) < 4.78 is 26.9. The number of hydrogen-bond donors (Lipinski definition) is 2. The van der Waals surface area contributed by atoms with Gasteiger partial charge in [-0.2, -0.15) is 0 Å². The van der Waals surface area contributed by atoms with E-state index in [1.807, 2.05) is 0 Å². The average molecular weight is 369 g/mol. The third kappa shape index (κ3) is 3.24. The molecule has 0 radical (unpaired) electrons. The molecule has 1 fully saturated rings. The number of halogens is 2. The lowest BCUT2D eigenvalue weighted by molar-refractivity contribution is -0.115. The molecular formula is C14H9F2N3O3S2. The van der Waals surface area contributed by atoms with E-state index in [1.165, 1.54) is 12.1 Å². The molecule has 6 nitrogen and oxygen atoms in total. The van der Waals surface area contributed by atoms with Crippen LogP contribution < -0.4 is 10.3 Å². The van der Waals surface area contributed by atoms with Gasteiger partial charge in [0.25, 0.3) is 5.91 Å². The molecule has 2 aromatic rings. The van der Waals surface area contributed by atoms with Gasteiger partial charge in [-0.05, 0) is 24.3 Å². The zero-order valence-corrected chi connectivity index (χ0v) is 13.5. The molecule has 2 heterocycles. The van der Waals surface area contributed by atoms with Gasteiger partial charge in [0.2, 0.25) is 5.91 Å². The maximum Gasteiger partial charge on any atom is 0.281 e. The van der Waals surface area contributed by atoms with E-state index in [0.717, 1.165) is 40.1 Å². The van der Waals surface area contributed by atoms with Gasteiger partial charge in [-0.25, -0.2) is 14.2 Å². The quantitative estimate of drug-likeness (QED) is 0.815. The molecule has 10 heteroatoms. The number of nitrogens with one attached hydrogen (secondary N) is 1. The minimum Gasteiger partial charge on any atom is -0.499 e. The largest absolute Gasteiger partial charge is 0.499 e. The van der Waals surface area contributed by atoms with Crippen molar-refractivity contribution in [2.24, 2.45) is 5.10 Å². The summed E-state index contributed by atoms with van der Waals surface area (Å²) in [4.78, 5) is 25.1. The van der Waals surface area contributed by atoms with E-state index in [-0.39, 0.29) is 26.5 Å². The van der Waals surface area contributed by atoms with Crippen LogP contribution in [0.25, 0.3) is 0 Å². The predicted octanol–water partition coefficient (Wildman–Crippen LogP) is 2.51. The Labute approximate surface area is 142 Å². The molecule has 0 atom stereocenters. The van der Waals surface area contributed by atoms with Gasteiger partial charge in [0.05, 0.1) is 16.3 Å². The average Bonchev–Trinajstić information content (AvgIpc) is 3.12. The normalized spacial score (nSPS) is 16.0. The Morgan fingerprint density at radius 1 is 1.29 bits per heavy atom. The number of amidine groups is 1. The van der Waals surface area contributed by atoms with Gasteiger partial charge in [-0.15, -0.1) is 5.10 Å². The number of anilines is 1. The van der Waals surface area contributed by atoms with Crippen LogP contribution >= 0.6 is 23.1 Å². The molecule has 124 valence electrons. The van der Waals surface area contributed by atoms with Crippen LogP contribution in [-0.4, -0.2) is 27.8 Å². The fourth-order valence-electron chi connectivity index (χ4n) is 1.95. The highest BCUT2D eigenvalue weighted by atomic mass is 32.2. The predicted molar refractivity (Wildman–Crippen MR) is 87.2 cm³/mol. The van der Waals surface area contributed by atoms with Crippen LogP contribution in [0.15, 0.2) is 35.4 Å². The molecular weight excluding hydrogens is 360 g/mol. The molecule has 1 aromatic carbocycles. The van der Waals surface area contributed by atoms with E-state index in [1.54, 1.807) is 0 Å². The smallest absolute Gasteiger partial charge is 0.281 e. The number of hydrogen-bond acceptors (Lipinski definition) is 6. The highest BCUT2D eigenvalue weighted by Crippen LogP contribution is 2.29. The van der Waals surface area contributed by atoms with Crippen molar-refractivity contribution in [3.63, 3.8) is 0 Å². The number of thioether (sulfide) groups is 1. The van der Waals surface area contributed by atoms with Crippen molar-refractivity contribution in [1.82, 2.24) is 5.43 Å². The molecule has 1 aliphatic rings. The molecule has 0 unspecified atom stereocenters. The lowest BCUT2D eigenvalue weighted by Gasteiger charge is -2.16. The van der Waals surface area contributed by atoms with Gasteiger partial charge in [-0.1, -0.05) is 23.1 Å². The molecule has 24 heavy (non-hydrogen) atoms. The summed E-state index contributed by atoms with van der Waals surface area (Å²) in [5.41, 5.74) is 2.10. The van der Waals surface area contributed by atoms with Crippen molar-refractivity contribution in [3.8, 4) is 5.06 Å². The molecule has 0 bridgehead atoms. The van der Waals surface area contributed by atoms with Crippen LogP contribution in [0, 0.1) is 11.6 Å². The summed E-state index contributed by atoms with van der Waals surface area (Å²) in [6.07, 6.45) is 0. The fraction of sp³-hybridized carbons (Fsp3) is 0.0714. The number of thiophene rings is 1. The lowest BCUT2D eigenvalue weighted by atomic mass is 10.2. The molecule has 2 amide bonds. The molecule has 1 aromatic heterocycles. The third-order valence-corrected chi connectivity index (χ3v) is 4.79. The number of hydrazone groups is 1. The summed E-state index contributed by atoms with van der Waals surface area (Å²) in [6, 6.07) is 5.60. The van der Waals surface area contributed by atoms with Crippen LogP contribution in [-0.2, 0) is 4.79 Å². The number of carbonyl (C=O) groups is 2. The van der Waals surface area contributed by atoms with Crippen molar-refractivity contribution in [3.05, 3.63) is 46.8 Å². The van der Waals surface area contributed by atoms with Gasteiger partial charge in [0.15, 0.2) is 10.2 Å². The fourth-order valence-corrected chi connectivity index (χ4v) is 3.40. The van der Waals surface area contributed by atoms with Crippen molar-refractivity contribution < 1.29 is 23.5 Å². The standard InChI is InChI=1S/C14H9F2N3O3S2/c15-7-1-2-9(8(16)5-7)19-11(20)6-23-14(19)18-17-13(22)10-3-4-12(21)24-10/h1-5,21H,6H2,(H,17,22)/b18-14+. The summed E-state index contributed by atoms with van der Waals surface area (Å²) in [7, 11) is 0. The van der Waals surface area contributed by atoms with Crippen LogP contribution in [0.5, 0.6) is 5.06 Å². The van der Waals surface area contributed by atoms with Crippen LogP contribution in [0.4, 0.5) is 14.5 Å². The second-order valence-corrected chi connectivity index (χ2v) is 6.59. The zero-order valence-electron chi connectivity index (χ0n) is 11.8. The molecule has 3 rings (SSSR count). The second-order valence-electron chi connectivity index (χ2n) is 4.59. The monoisotopic (exact) mass is 369 g/mol. The van der Waals surface area contributed by atoms with E-state index in [4.69, 9.17) is 0 Å². The van der Waals surface area contributed by atoms with E-state index in [0.29, 0.717) is 6.07 Å². The van der Waals surface area contributed by atoms with E-state index in [9.17, 15) is 23.5 Å². The molecule has 1 aliphatic heterocycles. The van der Waals surface area contributed by atoms with Crippen LogP contribution in [0.3, 0.4) is 0 Å². The first-order valence-electron chi connectivity index (χ1n) is 6.53. The Balaban J connectivity index is 1.83. The first-order valence-corrected chi connectivity index (χ1v) is 8.33. The topological polar surface area (TPSA) is 82.0 Å². The summed E-state index contributed by atoms with van der Waals surface area (Å²) in [6.45, 7) is 0. The molecule has 2 N–H and O–H groups in total. The molecule has 0 saturated carbocycles. The van der Waals surface area contributed by atoms with E-state index >= 15 is 0 Å². The Kier molecular flexibility index (Phi) is 4.49. The first-order chi connectivity index (χ1) is 11.5. The lowest BCUT2D eigenvalue weighted by Crippen LogP contribution is -2.32. The van der Waals surface area contributed by atoms with Gasteiger partial charge >= 0.3 is 0 Å². The highest BCUT2D eigenvalue weighted by Gasteiger charge is 2.32. The molecule has 0 spiro atoms. The van der Waals surface area contributed by atoms with Gasteiger partial charge < -0.3 is 5.11 Å². The maximum absolute atomic E-state index is 13.9. The van der Waals surface area contributed by atoms with Gasteiger partial charge in [0, 0.05) is 6.07 Å². The Morgan fingerprint density at radius 2 is 2.08 bits per heavy atom. The van der Waals surface area contributed by atoms with Crippen molar-refractivity contribution in [1.29, 1.82) is 0 Å². The summed E-state index contributed by atoms with van der Waals surface area (Å²) in [5.74, 6) is -2.67. The first kappa shape index (κ1) is 16.4. The van der Waals surface area contributed by atoms with Gasteiger partial charge in [0.1, 0.15) is 11.6 Å². The number of carbonyl (C=O) groups excluding carboxylic acids is 2. The van der Waals surface area contributed by atoms with Gasteiger partial charge in [-0.3, -0.25) is 14.5 Å². The SMILES string of the molecule is O=C(N/N=C1/SCC(=O)N1c1ccc(F)cc1F)c1ccc(O)s1. The van der Waals surface area contributed by atoms with Crippen LogP contribution in [0.1, 0.15) is 9.67 Å². The summed E-state index contributed by atoms with van der Waals surface area (Å²) >= 11 is 1.88. The number of amides is 2. The minimum atomic E-state index is -0.909. The number of rotatable bonds is 3. The zero-order chi connectivity index (χ0) is 17.3. The molecule has 1 saturated heterocycles. The highest BCUT2D eigenvalue weighted by molar-refractivity contribution is 8.15. The number of nitrogens with zero attached hydrogens (tertiary/aromatic N) is 2. The Morgan fingerprint density at radius 3 is 2.75 bits per heavy atom. The third-order valence-electron chi connectivity index (χ3n) is 2.98.